The average molecular weight is 263 g/mol. The molecule has 1 aromatic carbocycles. The molecule has 0 saturated carbocycles. The molecule has 1 aromatic rings. The fraction of sp³-hybridized carbons (Fsp3) is 0.533. The van der Waals surface area contributed by atoms with Crippen LogP contribution < -0.4 is 16.0 Å². The highest BCUT2D eigenvalue weighted by atomic mass is 16.2. The molecule has 19 heavy (non-hydrogen) atoms. The smallest absolute Gasteiger partial charge is 0.241 e. The van der Waals surface area contributed by atoms with Crippen LogP contribution in [0.5, 0.6) is 0 Å². The van der Waals surface area contributed by atoms with Gasteiger partial charge in [0.25, 0.3) is 0 Å². The van der Waals surface area contributed by atoms with Gasteiger partial charge in [-0.15, -0.1) is 0 Å². The molecular weight excluding hydrogens is 238 g/mol. The van der Waals surface area contributed by atoms with Gasteiger partial charge in [-0.2, -0.15) is 0 Å². The maximum absolute atomic E-state index is 11.8. The number of nitrogens with zero attached hydrogens (tertiary/aromatic N) is 1. The van der Waals surface area contributed by atoms with Crippen LogP contribution in [0.4, 0.5) is 11.4 Å². The topological polar surface area (TPSA) is 58.4 Å². The normalized spacial score (nSPS) is 12.3. The van der Waals surface area contributed by atoms with E-state index < -0.39 is 6.04 Å². The molecule has 1 atom stereocenters. The third-order valence-electron chi connectivity index (χ3n) is 3.28. The molecule has 0 fully saturated rings. The third kappa shape index (κ3) is 4.24. The summed E-state index contributed by atoms with van der Waals surface area (Å²) in [5.74, 6) is 0.000497. The minimum atomic E-state index is -0.470. The van der Waals surface area contributed by atoms with E-state index in [0.717, 1.165) is 24.5 Å². The first-order valence-corrected chi connectivity index (χ1v) is 6.91. The summed E-state index contributed by atoms with van der Waals surface area (Å²) in [5.41, 5.74) is 7.76. The molecule has 0 aromatic heterocycles. The fourth-order valence-electron chi connectivity index (χ4n) is 1.87. The summed E-state index contributed by atoms with van der Waals surface area (Å²) in [6.45, 7) is 10.1. The number of hydrogen-bond acceptors (Lipinski definition) is 3. The van der Waals surface area contributed by atoms with Crippen LogP contribution in [0.25, 0.3) is 0 Å². The number of hydrogen-bond donors (Lipinski definition) is 2. The number of anilines is 2. The number of amides is 1. The monoisotopic (exact) mass is 263 g/mol. The van der Waals surface area contributed by atoms with Crippen molar-refractivity contribution in [1.82, 2.24) is 0 Å². The molecule has 1 amide bonds. The van der Waals surface area contributed by atoms with Crippen LogP contribution in [0.1, 0.15) is 27.7 Å². The number of nitrogens with two attached hydrogens (primary N) is 1. The van der Waals surface area contributed by atoms with Gasteiger partial charge >= 0.3 is 0 Å². The molecule has 3 N–H and O–H groups in total. The highest BCUT2D eigenvalue weighted by Gasteiger charge is 2.17. The van der Waals surface area contributed by atoms with Crippen LogP contribution in [-0.2, 0) is 4.79 Å². The zero-order valence-corrected chi connectivity index (χ0v) is 12.3. The number of rotatable bonds is 6. The first-order valence-electron chi connectivity index (χ1n) is 6.91. The van der Waals surface area contributed by atoms with Gasteiger partial charge in [0, 0.05) is 24.5 Å². The van der Waals surface area contributed by atoms with Gasteiger partial charge in [-0.05, 0) is 44.0 Å². The molecule has 0 spiro atoms. The first-order chi connectivity index (χ1) is 8.99. The van der Waals surface area contributed by atoms with Crippen molar-refractivity contribution in [3.63, 3.8) is 0 Å². The molecule has 106 valence electrons. The molecule has 0 unspecified atom stereocenters. The Hall–Kier alpha value is -1.55. The number of carbonyl (C=O) groups excluding carboxylic acids is 1. The molecule has 0 radical (unpaired) electrons. The molecule has 4 nitrogen and oxygen atoms in total. The molecule has 1 rings (SSSR count). The molecule has 0 aliphatic rings. The second kappa shape index (κ2) is 7.14. The number of carbonyl (C=O) groups is 1. The number of nitrogens with one attached hydrogen (secondary N) is 1. The van der Waals surface area contributed by atoms with Crippen molar-refractivity contribution in [3.05, 3.63) is 24.3 Å². The van der Waals surface area contributed by atoms with Gasteiger partial charge in [-0.1, -0.05) is 13.8 Å². The van der Waals surface area contributed by atoms with Gasteiger partial charge < -0.3 is 16.0 Å². The second-order valence-corrected chi connectivity index (χ2v) is 4.98. The van der Waals surface area contributed by atoms with E-state index in [0.29, 0.717) is 0 Å². The SMILES string of the molecule is CCN(CC)c1ccc(NC(=O)[C@@H](N)C(C)C)cc1. The maximum atomic E-state index is 11.8. The lowest BCUT2D eigenvalue weighted by molar-refractivity contribution is -0.118. The van der Waals surface area contributed by atoms with Gasteiger partial charge in [-0.3, -0.25) is 4.79 Å². The van der Waals surface area contributed by atoms with E-state index in [9.17, 15) is 4.79 Å². The Morgan fingerprint density at radius 3 is 2.16 bits per heavy atom. The summed E-state index contributed by atoms with van der Waals surface area (Å²) >= 11 is 0. The third-order valence-corrected chi connectivity index (χ3v) is 3.28. The van der Waals surface area contributed by atoms with Gasteiger partial charge in [0.2, 0.25) is 5.91 Å². The fourth-order valence-corrected chi connectivity index (χ4v) is 1.87. The molecule has 0 bridgehead atoms. The Morgan fingerprint density at radius 2 is 1.74 bits per heavy atom. The lowest BCUT2D eigenvalue weighted by Gasteiger charge is -2.21. The van der Waals surface area contributed by atoms with Crippen LogP contribution in [0.15, 0.2) is 24.3 Å². The van der Waals surface area contributed by atoms with Crippen LogP contribution in [-0.4, -0.2) is 25.0 Å². The average Bonchev–Trinajstić information content (AvgIpc) is 2.41. The predicted molar refractivity (Wildman–Crippen MR) is 81.4 cm³/mol. The minimum absolute atomic E-state index is 0.134. The summed E-state index contributed by atoms with van der Waals surface area (Å²) in [4.78, 5) is 14.1. The van der Waals surface area contributed by atoms with E-state index in [2.05, 4.69) is 24.1 Å². The Bertz CT molecular complexity index is 396. The van der Waals surface area contributed by atoms with Crippen LogP contribution in [0.3, 0.4) is 0 Å². The van der Waals surface area contributed by atoms with Gasteiger partial charge in [0.15, 0.2) is 0 Å². The van der Waals surface area contributed by atoms with Crippen molar-refractivity contribution < 1.29 is 4.79 Å². The number of benzene rings is 1. The van der Waals surface area contributed by atoms with Crippen LogP contribution in [0.2, 0.25) is 0 Å². The van der Waals surface area contributed by atoms with E-state index in [4.69, 9.17) is 5.73 Å². The first kappa shape index (κ1) is 15.5. The van der Waals surface area contributed by atoms with Crippen molar-refractivity contribution in [3.8, 4) is 0 Å². The zero-order valence-electron chi connectivity index (χ0n) is 12.3. The van der Waals surface area contributed by atoms with Crippen molar-refractivity contribution in [1.29, 1.82) is 0 Å². The largest absolute Gasteiger partial charge is 0.372 e. The van der Waals surface area contributed by atoms with Crippen molar-refractivity contribution in [2.24, 2.45) is 11.7 Å². The molecule has 0 aliphatic carbocycles. The highest BCUT2D eigenvalue weighted by Crippen LogP contribution is 2.18. The Labute approximate surface area is 116 Å². The molecular formula is C15H25N3O. The summed E-state index contributed by atoms with van der Waals surface area (Å²) in [5, 5.41) is 2.84. The summed E-state index contributed by atoms with van der Waals surface area (Å²) in [6, 6.07) is 7.40. The minimum Gasteiger partial charge on any atom is -0.372 e. The van der Waals surface area contributed by atoms with E-state index in [1.165, 1.54) is 0 Å². The standard InChI is InChI=1S/C15H25N3O/c1-5-18(6-2)13-9-7-12(8-10-13)17-15(19)14(16)11(3)4/h7-11,14H,5-6,16H2,1-4H3,(H,17,19)/t14-/m0/s1. The van der Waals surface area contributed by atoms with E-state index in [1.807, 2.05) is 38.1 Å². The van der Waals surface area contributed by atoms with E-state index in [-0.39, 0.29) is 11.8 Å². The summed E-state index contributed by atoms with van der Waals surface area (Å²) in [7, 11) is 0. The molecule has 4 heteroatoms. The quantitative estimate of drug-likeness (QED) is 0.829. The molecule has 0 saturated heterocycles. The molecule has 0 aliphatic heterocycles. The van der Waals surface area contributed by atoms with Gasteiger partial charge in [0.1, 0.15) is 0 Å². The van der Waals surface area contributed by atoms with E-state index in [1.54, 1.807) is 0 Å². The molecule has 0 heterocycles. The van der Waals surface area contributed by atoms with Crippen molar-refractivity contribution in [2.45, 2.75) is 33.7 Å². The Balaban J connectivity index is 2.69. The lowest BCUT2D eigenvalue weighted by atomic mass is 10.0. The Kier molecular flexibility index (Phi) is 5.83. The van der Waals surface area contributed by atoms with Crippen molar-refractivity contribution >= 4 is 17.3 Å². The van der Waals surface area contributed by atoms with Crippen molar-refractivity contribution in [2.75, 3.05) is 23.3 Å². The lowest BCUT2D eigenvalue weighted by Crippen LogP contribution is -2.39. The zero-order chi connectivity index (χ0) is 14.4. The highest BCUT2D eigenvalue weighted by molar-refractivity contribution is 5.94. The Morgan fingerprint density at radius 1 is 1.21 bits per heavy atom. The van der Waals surface area contributed by atoms with Crippen LogP contribution >= 0.6 is 0 Å². The van der Waals surface area contributed by atoms with Crippen LogP contribution in [0, 0.1) is 5.92 Å². The predicted octanol–water partition coefficient (Wildman–Crippen LogP) is 2.45. The maximum Gasteiger partial charge on any atom is 0.241 e. The summed E-state index contributed by atoms with van der Waals surface area (Å²) < 4.78 is 0. The van der Waals surface area contributed by atoms with Gasteiger partial charge in [0.05, 0.1) is 6.04 Å². The second-order valence-electron chi connectivity index (χ2n) is 4.98. The van der Waals surface area contributed by atoms with Gasteiger partial charge in [-0.25, -0.2) is 0 Å². The summed E-state index contributed by atoms with van der Waals surface area (Å²) in [6.07, 6.45) is 0. The van der Waals surface area contributed by atoms with E-state index >= 15 is 0 Å².